The molecule has 1 unspecified atom stereocenters. The normalized spacial score (nSPS) is 15.9. The van der Waals surface area contributed by atoms with Crippen molar-refractivity contribution in [3.05, 3.63) is 35.4 Å². The van der Waals surface area contributed by atoms with E-state index >= 15 is 0 Å². The van der Waals surface area contributed by atoms with E-state index in [4.69, 9.17) is 10.00 Å². The summed E-state index contributed by atoms with van der Waals surface area (Å²) in [6.45, 7) is 0.645. The van der Waals surface area contributed by atoms with Gasteiger partial charge in [0.15, 0.2) is 0 Å². The van der Waals surface area contributed by atoms with Gasteiger partial charge in [-0.1, -0.05) is 12.1 Å². The van der Waals surface area contributed by atoms with Crippen LogP contribution in [0.25, 0.3) is 0 Å². The van der Waals surface area contributed by atoms with Gasteiger partial charge in [-0.05, 0) is 43.5 Å². The molecule has 2 rings (SSSR count). The molecule has 1 aliphatic rings. The van der Waals surface area contributed by atoms with Gasteiger partial charge in [0.1, 0.15) is 6.04 Å². The Hall–Kier alpha value is -1.86. The number of benzene rings is 1. The third-order valence-corrected chi connectivity index (χ3v) is 3.47. The molecule has 1 aliphatic carbocycles. The summed E-state index contributed by atoms with van der Waals surface area (Å²) in [5.41, 5.74) is 1.68. The number of methoxy groups -OCH3 is 1. The van der Waals surface area contributed by atoms with E-state index in [0.29, 0.717) is 18.0 Å². The molecule has 19 heavy (non-hydrogen) atoms. The van der Waals surface area contributed by atoms with Crippen molar-refractivity contribution >= 4 is 5.97 Å². The summed E-state index contributed by atoms with van der Waals surface area (Å²) >= 11 is 0. The molecule has 0 aromatic heterocycles. The van der Waals surface area contributed by atoms with Crippen molar-refractivity contribution in [1.82, 2.24) is 4.90 Å². The first kappa shape index (κ1) is 13.6. The quantitative estimate of drug-likeness (QED) is 0.757. The predicted molar refractivity (Wildman–Crippen MR) is 71.2 cm³/mol. The average molecular weight is 258 g/mol. The van der Waals surface area contributed by atoms with Crippen LogP contribution in [0.1, 0.15) is 24.0 Å². The zero-order valence-electron chi connectivity index (χ0n) is 11.3. The molecule has 0 N–H and O–H groups in total. The Morgan fingerprint density at radius 1 is 1.58 bits per heavy atom. The monoisotopic (exact) mass is 258 g/mol. The second-order valence-electron chi connectivity index (χ2n) is 5.03. The largest absolute Gasteiger partial charge is 0.468 e. The Kier molecular flexibility index (Phi) is 4.18. The fraction of sp³-hybridized carbons (Fsp3) is 0.467. The average Bonchev–Trinajstić information content (AvgIpc) is 3.23. The van der Waals surface area contributed by atoms with Gasteiger partial charge in [0, 0.05) is 6.54 Å². The van der Waals surface area contributed by atoms with Crippen LogP contribution in [0.15, 0.2) is 24.3 Å². The van der Waals surface area contributed by atoms with Gasteiger partial charge in [-0.25, -0.2) is 0 Å². The van der Waals surface area contributed by atoms with E-state index < -0.39 is 0 Å². The lowest BCUT2D eigenvalue weighted by Crippen LogP contribution is -2.40. The van der Waals surface area contributed by atoms with E-state index in [2.05, 4.69) is 6.07 Å². The molecule has 1 saturated carbocycles. The number of carbonyl (C=O) groups is 1. The molecule has 4 nitrogen and oxygen atoms in total. The standard InChI is InChI=1S/C15H18N2O2/c1-17(14(13-6-7-13)15(18)19-2)10-12-5-3-4-11(8-12)9-16/h3-5,8,13-14H,6-7,10H2,1-2H3. The van der Waals surface area contributed by atoms with E-state index in [-0.39, 0.29) is 12.0 Å². The summed E-state index contributed by atoms with van der Waals surface area (Å²) in [6, 6.07) is 9.43. The van der Waals surface area contributed by atoms with Gasteiger partial charge in [-0.2, -0.15) is 5.26 Å². The lowest BCUT2D eigenvalue weighted by atomic mass is 10.1. The van der Waals surface area contributed by atoms with Crippen LogP contribution < -0.4 is 0 Å². The van der Waals surface area contributed by atoms with Crippen molar-refractivity contribution < 1.29 is 9.53 Å². The number of nitrogens with zero attached hydrogens (tertiary/aromatic N) is 2. The van der Waals surface area contributed by atoms with Gasteiger partial charge in [0.05, 0.1) is 18.7 Å². The highest BCUT2D eigenvalue weighted by molar-refractivity contribution is 5.76. The van der Waals surface area contributed by atoms with Crippen LogP contribution >= 0.6 is 0 Å². The first-order chi connectivity index (χ1) is 9.15. The van der Waals surface area contributed by atoms with Crippen molar-refractivity contribution in [2.24, 2.45) is 5.92 Å². The molecular formula is C15H18N2O2. The van der Waals surface area contributed by atoms with E-state index in [0.717, 1.165) is 18.4 Å². The predicted octanol–water partition coefficient (Wildman–Crippen LogP) is 1.94. The minimum Gasteiger partial charge on any atom is -0.468 e. The van der Waals surface area contributed by atoms with E-state index in [1.165, 1.54) is 7.11 Å². The molecule has 1 aromatic rings. The van der Waals surface area contributed by atoms with E-state index in [9.17, 15) is 4.79 Å². The third kappa shape index (κ3) is 3.33. The van der Waals surface area contributed by atoms with Crippen LogP contribution in [0, 0.1) is 17.2 Å². The fourth-order valence-corrected chi connectivity index (χ4v) is 2.39. The number of nitriles is 1. The maximum Gasteiger partial charge on any atom is 0.323 e. The van der Waals surface area contributed by atoms with Crippen LogP contribution in [0.2, 0.25) is 0 Å². The van der Waals surface area contributed by atoms with Gasteiger partial charge < -0.3 is 4.74 Å². The Bertz CT molecular complexity index is 503. The Morgan fingerprint density at radius 2 is 2.32 bits per heavy atom. The molecule has 0 spiro atoms. The van der Waals surface area contributed by atoms with Gasteiger partial charge in [-0.15, -0.1) is 0 Å². The lowest BCUT2D eigenvalue weighted by Gasteiger charge is -2.25. The van der Waals surface area contributed by atoms with Crippen LogP contribution in [0.3, 0.4) is 0 Å². The van der Waals surface area contributed by atoms with Crippen molar-refractivity contribution in [3.63, 3.8) is 0 Å². The Labute approximate surface area is 113 Å². The minimum atomic E-state index is -0.171. The molecule has 4 heteroatoms. The van der Waals surface area contributed by atoms with Crippen LogP contribution in [0.5, 0.6) is 0 Å². The van der Waals surface area contributed by atoms with Crippen molar-refractivity contribution in [2.45, 2.75) is 25.4 Å². The van der Waals surface area contributed by atoms with Gasteiger partial charge in [0.25, 0.3) is 0 Å². The summed E-state index contributed by atoms with van der Waals surface area (Å²) < 4.78 is 4.88. The number of ether oxygens (including phenoxy) is 1. The molecule has 1 atom stereocenters. The third-order valence-electron chi connectivity index (χ3n) is 3.47. The fourth-order valence-electron chi connectivity index (χ4n) is 2.39. The molecule has 1 fully saturated rings. The first-order valence-electron chi connectivity index (χ1n) is 6.43. The number of esters is 1. The van der Waals surface area contributed by atoms with Gasteiger partial charge >= 0.3 is 5.97 Å². The number of hydrogen-bond acceptors (Lipinski definition) is 4. The van der Waals surface area contributed by atoms with Crippen molar-refractivity contribution in [2.75, 3.05) is 14.2 Å². The highest BCUT2D eigenvalue weighted by Gasteiger charge is 2.39. The van der Waals surface area contributed by atoms with Gasteiger partial charge in [0.2, 0.25) is 0 Å². The maximum atomic E-state index is 11.8. The first-order valence-corrected chi connectivity index (χ1v) is 6.43. The summed E-state index contributed by atoms with van der Waals surface area (Å²) in [6.07, 6.45) is 2.17. The zero-order chi connectivity index (χ0) is 13.8. The van der Waals surface area contributed by atoms with E-state index in [1.54, 1.807) is 6.07 Å². The Morgan fingerprint density at radius 3 is 2.89 bits per heavy atom. The van der Waals surface area contributed by atoms with Crippen molar-refractivity contribution in [3.8, 4) is 6.07 Å². The SMILES string of the molecule is COC(=O)C(C1CC1)N(C)Cc1cccc(C#N)c1. The second kappa shape index (κ2) is 5.85. The molecule has 1 aromatic carbocycles. The number of rotatable bonds is 5. The number of likely N-dealkylation sites (N-methyl/N-ethyl adjacent to an activating group) is 1. The van der Waals surface area contributed by atoms with Crippen molar-refractivity contribution in [1.29, 1.82) is 5.26 Å². The second-order valence-corrected chi connectivity index (χ2v) is 5.03. The summed E-state index contributed by atoms with van der Waals surface area (Å²) in [7, 11) is 3.36. The minimum absolute atomic E-state index is 0.165. The molecule has 0 amide bonds. The molecule has 0 aliphatic heterocycles. The number of carbonyl (C=O) groups excluding carboxylic acids is 1. The summed E-state index contributed by atoms with van der Waals surface area (Å²) in [5, 5.41) is 8.89. The molecular weight excluding hydrogens is 240 g/mol. The zero-order valence-corrected chi connectivity index (χ0v) is 11.3. The molecule has 100 valence electrons. The summed E-state index contributed by atoms with van der Waals surface area (Å²) in [5.74, 6) is 0.248. The highest BCUT2D eigenvalue weighted by Crippen LogP contribution is 2.36. The topological polar surface area (TPSA) is 53.3 Å². The highest BCUT2D eigenvalue weighted by atomic mass is 16.5. The van der Waals surface area contributed by atoms with Crippen LogP contribution in [0.4, 0.5) is 0 Å². The van der Waals surface area contributed by atoms with E-state index in [1.807, 2.05) is 30.1 Å². The van der Waals surface area contributed by atoms with Crippen LogP contribution in [-0.4, -0.2) is 31.1 Å². The van der Waals surface area contributed by atoms with Crippen LogP contribution in [-0.2, 0) is 16.1 Å². The smallest absolute Gasteiger partial charge is 0.323 e. The number of hydrogen-bond donors (Lipinski definition) is 0. The van der Waals surface area contributed by atoms with Gasteiger partial charge in [-0.3, -0.25) is 9.69 Å². The molecule has 0 saturated heterocycles. The Balaban J connectivity index is 2.08. The lowest BCUT2D eigenvalue weighted by molar-refractivity contribution is -0.147. The molecule has 0 bridgehead atoms. The maximum absolute atomic E-state index is 11.8. The summed E-state index contributed by atoms with van der Waals surface area (Å²) in [4.78, 5) is 13.8. The molecule has 0 radical (unpaired) electrons. The molecule has 0 heterocycles.